The summed E-state index contributed by atoms with van der Waals surface area (Å²) >= 11 is 2.30. The average molecular weight is 426 g/mol. The largest absolute Gasteiger partial charge is 0.497 e. The standard InChI is InChI=1S/C18H19IO4/c1-20-14-7-8-15(19)13(11-14)6-5-12-9-16(21-2)18(23-4)17(10-12)22-3/h5-11H,1-4H3/b6-5-. The van der Waals surface area contributed by atoms with Crippen LogP contribution in [0, 0.1) is 3.57 Å². The lowest BCUT2D eigenvalue weighted by Gasteiger charge is -2.12. The van der Waals surface area contributed by atoms with Gasteiger partial charge in [-0.15, -0.1) is 0 Å². The van der Waals surface area contributed by atoms with Gasteiger partial charge < -0.3 is 18.9 Å². The maximum Gasteiger partial charge on any atom is 0.203 e. The van der Waals surface area contributed by atoms with Crippen molar-refractivity contribution in [1.29, 1.82) is 0 Å². The number of rotatable bonds is 6. The van der Waals surface area contributed by atoms with Gasteiger partial charge in [-0.2, -0.15) is 0 Å². The van der Waals surface area contributed by atoms with Crippen molar-refractivity contribution < 1.29 is 18.9 Å². The van der Waals surface area contributed by atoms with Crippen molar-refractivity contribution in [2.75, 3.05) is 28.4 Å². The highest BCUT2D eigenvalue weighted by Gasteiger charge is 2.12. The van der Waals surface area contributed by atoms with Crippen molar-refractivity contribution in [3.63, 3.8) is 0 Å². The summed E-state index contributed by atoms with van der Waals surface area (Å²) in [5.41, 5.74) is 2.04. The molecule has 0 unspecified atom stereocenters. The zero-order chi connectivity index (χ0) is 16.8. The minimum atomic E-state index is 0.586. The molecule has 2 rings (SSSR count). The van der Waals surface area contributed by atoms with Crippen LogP contribution in [0.3, 0.4) is 0 Å². The Bertz CT molecular complexity index is 685. The molecule has 23 heavy (non-hydrogen) atoms. The Kier molecular flexibility index (Phi) is 6.15. The van der Waals surface area contributed by atoms with Crippen molar-refractivity contribution in [1.82, 2.24) is 0 Å². The van der Waals surface area contributed by atoms with E-state index in [9.17, 15) is 0 Å². The Hall–Kier alpha value is -1.89. The van der Waals surface area contributed by atoms with Crippen molar-refractivity contribution >= 4 is 34.7 Å². The average Bonchev–Trinajstić information content (AvgIpc) is 2.59. The smallest absolute Gasteiger partial charge is 0.203 e. The van der Waals surface area contributed by atoms with Gasteiger partial charge in [-0.1, -0.05) is 12.2 Å². The molecule has 0 radical (unpaired) electrons. The van der Waals surface area contributed by atoms with Gasteiger partial charge in [0.1, 0.15) is 5.75 Å². The van der Waals surface area contributed by atoms with E-state index in [4.69, 9.17) is 18.9 Å². The fraction of sp³-hybridized carbons (Fsp3) is 0.222. The maximum absolute atomic E-state index is 5.37. The molecule has 0 atom stereocenters. The lowest BCUT2D eigenvalue weighted by molar-refractivity contribution is 0.324. The van der Waals surface area contributed by atoms with Gasteiger partial charge in [-0.3, -0.25) is 0 Å². The van der Waals surface area contributed by atoms with Crippen LogP contribution in [0.2, 0.25) is 0 Å². The molecule has 0 amide bonds. The van der Waals surface area contributed by atoms with Crippen molar-refractivity contribution in [2.45, 2.75) is 0 Å². The summed E-state index contributed by atoms with van der Waals surface area (Å²) in [5.74, 6) is 2.68. The molecule has 0 aliphatic rings. The lowest BCUT2D eigenvalue weighted by atomic mass is 10.1. The van der Waals surface area contributed by atoms with Crippen LogP contribution in [0.5, 0.6) is 23.0 Å². The molecule has 0 aliphatic carbocycles. The van der Waals surface area contributed by atoms with Gasteiger partial charge in [0.2, 0.25) is 5.75 Å². The predicted molar refractivity (Wildman–Crippen MR) is 101 cm³/mol. The van der Waals surface area contributed by atoms with Gasteiger partial charge in [0.25, 0.3) is 0 Å². The molecule has 2 aromatic rings. The molecular weight excluding hydrogens is 407 g/mol. The number of benzene rings is 2. The highest BCUT2D eigenvalue weighted by atomic mass is 127. The third-order valence-electron chi connectivity index (χ3n) is 3.35. The molecule has 122 valence electrons. The minimum absolute atomic E-state index is 0.586. The fourth-order valence-corrected chi connectivity index (χ4v) is 2.68. The highest BCUT2D eigenvalue weighted by molar-refractivity contribution is 14.1. The molecule has 4 nitrogen and oxygen atoms in total. The lowest BCUT2D eigenvalue weighted by Crippen LogP contribution is -1.95. The first-order valence-electron chi connectivity index (χ1n) is 6.94. The number of ether oxygens (including phenoxy) is 4. The van der Waals surface area contributed by atoms with Crippen LogP contribution in [0.4, 0.5) is 0 Å². The summed E-state index contributed by atoms with van der Waals surface area (Å²) in [5, 5.41) is 0. The van der Waals surface area contributed by atoms with Crippen LogP contribution >= 0.6 is 22.6 Å². The van der Waals surface area contributed by atoms with Crippen LogP contribution in [-0.4, -0.2) is 28.4 Å². The van der Waals surface area contributed by atoms with Crippen molar-refractivity contribution in [3.05, 3.63) is 45.0 Å². The van der Waals surface area contributed by atoms with E-state index >= 15 is 0 Å². The molecule has 0 fully saturated rings. The minimum Gasteiger partial charge on any atom is -0.497 e. The Balaban J connectivity index is 2.40. The number of hydrogen-bond donors (Lipinski definition) is 0. The molecule has 2 aromatic carbocycles. The summed E-state index contributed by atoms with van der Waals surface area (Å²) in [6.45, 7) is 0. The first kappa shape index (κ1) is 17.5. The van der Waals surface area contributed by atoms with Gasteiger partial charge in [-0.25, -0.2) is 0 Å². The second kappa shape index (κ2) is 8.10. The second-order valence-electron chi connectivity index (χ2n) is 4.68. The van der Waals surface area contributed by atoms with E-state index in [1.807, 2.05) is 42.5 Å². The molecule has 0 N–H and O–H groups in total. The number of halogens is 1. The first-order chi connectivity index (χ1) is 11.1. The van der Waals surface area contributed by atoms with E-state index < -0.39 is 0 Å². The maximum atomic E-state index is 5.37. The SMILES string of the molecule is COc1ccc(I)c(/C=C\c2cc(OC)c(OC)c(OC)c2)c1. The summed E-state index contributed by atoms with van der Waals surface area (Å²) in [6.07, 6.45) is 4.03. The predicted octanol–water partition coefficient (Wildman–Crippen LogP) is 4.50. The summed E-state index contributed by atoms with van der Waals surface area (Å²) in [7, 11) is 6.47. The van der Waals surface area contributed by atoms with Gasteiger partial charge in [0.15, 0.2) is 11.5 Å². The van der Waals surface area contributed by atoms with Gasteiger partial charge in [0, 0.05) is 3.57 Å². The normalized spacial score (nSPS) is 10.7. The molecule has 0 saturated heterocycles. The molecule has 0 aliphatic heterocycles. The van der Waals surface area contributed by atoms with E-state index in [0.29, 0.717) is 17.2 Å². The van der Waals surface area contributed by atoms with Crippen LogP contribution in [0.1, 0.15) is 11.1 Å². The van der Waals surface area contributed by atoms with E-state index in [1.54, 1.807) is 28.4 Å². The van der Waals surface area contributed by atoms with Gasteiger partial charge >= 0.3 is 0 Å². The summed E-state index contributed by atoms with van der Waals surface area (Å²) < 4.78 is 22.5. The topological polar surface area (TPSA) is 36.9 Å². The Morgan fingerprint density at radius 2 is 1.43 bits per heavy atom. The number of methoxy groups -OCH3 is 4. The zero-order valence-corrected chi connectivity index (χ0v) is 15.7. The van der Waals surface area contributed by atoms with E-state index in [1.165, 1.54) is 0 Å². The zero-order valence-electron chi connectivity index (χ0n) is 13.6. The van der Waals surface area contributed by atoms with E-state index in [0.717, 1.165) is 20.4 Å². The summed E-state index contributed by atoms with van der Waals surface area (Å²) in [4.78, 5) is 0. The van der Waals surface area contributed by atoms with Crippen LogP contribution in [-0.2, 0) is 0 Å². The van der Waals surface area contributed by atoms with E-state index in [2.05, 4.69) is 22.6 Å². The van der Waals surface area contributed by atoms with Gasteiger partial charge in [-0.05, 0) is 64.0 Å². The van der Waals surface area contributed by atoms with Crippen molar-refractivity contribution in [2.24, 2.45) is 0 Å². The summed E-state index contributed by atoms with van der Waals surface area (Å²) in [6, 6.07) is 9.78. The molecule has 0 saturated carbocycles. The van der Waals surface area contributed by atoms with Crippen LogP contribution in [0.15, 0.2) is 30.3 Å². The first-order valence-corrected chi connectivity index (χ1v) is 8.02. The third kappa shape index (κ3) is 4.10. The Labute approximate surface area is 150 Å². The van der Waals surface area contributed by atoms with E-state index in [-0.39, 0.29) is 0 Å². The Morgan fingerprint density at radius 3 is 1.96 bits per heavy atom. The monoisotopic (exact) mass is 426 g/mol. The van der Waals surface area contributed by atoms with Crippen LogP contribution in [0.25, 0.3) is 12.2 Å². The molecule has 0 aromatic heterocycles. The molecule has 5 heteroatoms. The quantitative estimate of drug-likeness (QED) is 0.504. The van der Waals surface area contributed by atoms with Crippen molar-refractivity contribution in [3.8, 4) is 23.0 Å². The molecular formula is C18H19IO4. The van der Waals surface area contributed by atoms with Gasteiger partial charge in [0.05, 0.1) is 28.4 Å². The number of hydrogen-bond acceptors (Lipinski definition) is 4. The molecule has 0 spiro atoms. The van der Waals surface area contributed by atoms with Crippen LogP contribution < -0.4 is 18.9 Å². The molecule has 0 heterocycles. The highest BCUT2D eigenvalue weighted by Crippen LogP contribution is 2.38. The second-order valence-corrected chi connectivity index (χ2v) is 5.84. The third-order valence-corrected chi connectivity index (χ3v) is 4.33. The fourth-order valence-electron chi connectivity index (χ4n) is 2.16. The molecule has 0 bridgehead atoms. The Morgan fingerprint density at radius 1 is 0.783 bits per heavy atom.